The summed E-state index contributed by atoms with van der Waals surface area (Å²) in [7, 11) is 0. The Balaban J connectivity index is 1.22. The summed E-state index contributed by atoms with van der Waals surface area (Å²) in [4.78, 5) is 44.4. The van der Waals surface area contributed by atoms with Crippen molar-refractivity contribution in [3.05, 3.63) is 117 Å². The molecule has 262 valence electrons. The van der Waals surface area contributed by atoms with Crippen molar-refractivity contribution in [1.82, 2.24) is 34.6 Å². The number of hydrogen-bond donors (Lipinski definition) is 1. The van der Waals surface area contributed by atoms with Crippen molar-refractivity contribution in [2.45, 2.75) is 82.6 Å². The molecule has 0 bridgehead atoms. The average Bonchev–Trinajstić information content (AvgIpc) is 3.60. The van der Waals surface area contributed by atoms with Gasteiger partial charge >= 0.3 is 6.03 Å². The van der Waals surface area contributed by atoms with Crippen LogP contribution >= 0.6 is 27.5 Å². The van der Waals surface area contributed by atoms with E-state index in [-0.39, 0.29) is 24.0 Å². The number of nitrogens with one attached hydrogen (secondary N) is 1. The standard InChI is InChI=1S/C39H45BrClN7O2/c40-31-22-30-13-12-29-23-32(41)14-15-34(29)37(36(30)43-24-31)46-20-21-48(39(50)44-33-10-5-2-6-11-33)35(26-46)38(49)47(25-28-8-3-1-4-9-28)18-7-17-45-19-16-42-27-45/h1,3-4,8-9,14-16,19,22-24,27,33,35,37H,2,5-7,10-13,17-18,20-21,25-26H2,(H,44,50)/t35?,37-/m0/s1. The normalized spacial score (nSPS) is 19.7. The van der Waals surface area contributed by atoms with E-state index >= 15 is 0 Å². The fourth-order valence-electron chi connectivity index (χ4n) is 7.92. The highest BCUT2D eigenvalue weighted by molar-refractivity contribution is 9.10. The Hall–Kier alpha value is -3.73. The number of imidazole rings is 1. The van der Waals surface area contributed by atoms with Crippen molar-refractivity contribution in [3.8, 4) is 0 Å². The van der Waals surface area contributed by atoms with Gasteiger partial charge < -0.3 is 19.7 Å². The molecule has 2 atom stereocenters. The smallest absolute Gasteiger partial charge is 0.318 e. The van der Waals surface area contributed by atoms with Crippen LogP contribution in [-0.2, 0) is 30.7 Å². The Morgan fingerprint density at radius 1 is 1.00 bits per heavy atom. The molecule has 7 rings (SSSR count). The quantitative estimate of drug-likeness (QED) is 0.198. The van der Waals surface area contributed by atoms with Crippen LogP contribution in [0.1, 0.15) is 72.5 Å². The van der Waals surface area contributed by atoms with Gasteiger partial charge in [0.25, 0.3) is 0 Å². The molecule has 2 aromatic carbocycles. The molecule has 1 saturated heterocycles. The molecule has 3 amide bonds. The van der Waals surface area contributed by atoms with Crippen LogP contribution in [0.3, 0.4) is 0 Å². The number of pyridine rings is 1. The number of fused-ring (bicyclic) bond motifs is 2. The van der Waals surface area contributed by atoms with Gasteiger partial charge in [0.1, 0.15) is 6.04 Å². The minimum Gasteiger partial charge on any atom is -0.337 e. The van der Waals surface area contributed by atoms with Gasteiger partial charge in [-0.2, -0.15) is 0 Å². The molecule has 50 heavy (non-hydrogen) atoms. The topological polar surface area (TPSA) is 86.6 Å². The summed E-state index contributed by atoms with van der Waals surface area (Å²) < 4.78 is 2.99. The zero-order chi connectivity index (χ0) is 34.5. The van der Waals surface area contributed by atoms with E-state index in [0.717, 1.165) is 72.8 Å². The van der Waals surface area contributed by atoms with E-state index in [1.54, 1.807) is 6.20 Å². The van der Waals surface area contributed by atoms with Crippen LogP contribution in [0, 0.1) is 0 Å². The number of carbonyl (C=O) groups is 2. The molecule has 2 aliphatic carbocycles. The van der Waals surface area contributed by atoms with E-state index in [0.29, 0.717) is 37.7 Å². The number of benzene rings is 2. The maximum atomic E-state index is 15.0. The molecule has 4 aromatic rings. The van der Waals surface area contributed by atoms with Gasteiger partial charge in [0.2, 0.25) is 5.91 Å². The van der Waals surface area contributed by atoms with Crippen LogP contribution in [0.4, 0.5) is 4.79 Å². The first-order valence-corrected chi connectivity index (χ1v) is 19.1. The first-order valence-electron chi connectivity index (χ1n) is 17.9. The lowest BCUT2D eigenvalue weighted by molar-refractivity contribution is -0.139. The molecule has 1 saturated carbocycles. The van der Waals surface area contributed by atoms with E-state index in [1.807, 2.05) is 57.4 Å². The lowest BCUT2D eigenvalue weighted by Crippen LogP contribution is -2.64. The van der Waals surface area contributed by atoms with E-state index < -0.39 is 6.04 Å². The van der Waals surface area contributed by atoms with Crippen molar-refractivity contribution in [1.29, 1.82) is 0 Å². The summed E-state index contributed by atoms with van der Waals surface area (Å²) in [6.07, 6.45) is 15.3. The molecule has 9 nitrogen and oxygen atoms in total. The van der Waals surface area contributed by atoms with Crippen LogP contribution in [0.5, 0.6) is 0 Å². The average molecular weight is 759 g/mol. The fourth-order valence-corrected chi connectivity index (χ4v) is 8.50. The van der Waals surface area contributed by atoms with Gasteiger partial charge in [-0.15, -0.1) is 0 Å². The molecular formula is C39H45BrClN7O2. The van der Waals surface area contributed by atoms with Gasteiger partial charge in [-0.05, 0) is 88.5 Å². The molecule has 1 aliphatic heterocycles. The Morgan fingerprint density at radius 3 is 2.62 bits per heavy atom. The monoisotopic (exact) mass is 757 g/mol. The molecule has 11 heteroatoms. The molecule has 2 fully saturated rings. The number of piperazine rings is 1. The van der Waals surface area contributed by atoms with Gasteiger partial charge in [-0.1, -0.05) is 67.3 Å². The predicted octanol–water partition coefficient (Wildman–Crippen LogP) is 7.03. The van der Waals surface area contributed by atoms with E-state index in [9.17, 15) is 9.59 Å². The van der Waals surface area contributed by atoms with E-state index in [4.69, 9.17) is 16.6 Å². The largest absolute Gasteiger partial charge is 0.337 e. The third-order valence-corrected chi connectivity index (χ3v) is 11.1. The van der Waals surface area contributed by atoms with Crippen LogP contribution in [0.2, 0.25) is 5.02 Å². The minimum absolute atomic E-state index is 0.0306. The summed E-state index contributed by atoms with van der Waals surface area (Å²) in [6.45, 7) is 3.24. The second-order valence-electron chi connectivity index (χ2n) is 13.8. The number of hydrogen-bond acceptors (Lipinski definition) is 5. The van der Waals surface area contributed by atoms with Crippen molar-refractivity contribution in [2.24, 2.45) is 0 Å². The molecule has 1 unspecified atom stereocenters. The molecule has 1 N–H and O–H groups in total. The van der Waals surface area contributed by atoms with Crippen LogP contribution in [-0.4, -0.2) is 79.4 Å². The Labute approximate surface area is 308 Å². The highest BCUT2D eigenvalue weighted by atomic mass is 79.9. The first kappa shape index (κ1) is 34.7. The summed E-state index contributed by atoms with van der Waals surface area (Å²) in [6, 6.07) is 17.6. The molecule has 0 radical (unpaired) electrons. The summed E-state index contributed by atoms with van der Waals surface area (Å²) in [5, 5.41) is 4.04. The summed E-state index contributed by atoms with van der Waals surface area (Å²) >= 11 is 10.2. The first-order chi connectivity index (χ1) is 24.4. The van der Waals surface area contributed by atoms with Crippen molar-refractivity contribution < 1.29 is 9.59 Å². The van der Waals surface area contributed by atoms with Gasteiger partial charge in [0, 0.05) is 73.4 Å². The minimum atomic E-state index is -0.665. The second kappa shape index (κ2) is 16.1. The second-order valence-corrected chi connectivity index (χ2v) is 15.2. The number of rotatable bonds is 9. The van der Waals surface area contributed by atoms with Crippen LogP contribution < -0.4 is 5.32 Å². The highest BCUT2D eigenvalue weighted by Gasteiger charge is 2.42. The van der Waals surface area contributed by atoms with Crippen LogP contribution in [0.15, 0.2) is 84.0 Å². The van der Waals surface area contributed by atoms with Gasteiger partial charge in [0.05, 0.1) is 18.1 Å². The Bertz CT molecular complexity index is 1710. The zero-order valence-electron chi connectivity index (χ0n) is 28.4. The number of aromatic nitrogens is 3. The predicted molar refractivity (Wildman–Crippen MR) is 199 cm³/mol. The highest BCUT2D eigenvalue weighted by Crippen LogP contribution is 2.39. The van der Waals surface area contributed by atoms with E-state index in [1.165, 1.54) is 17.5 Å². The molecule has 3 aliphatic rings. The molecule has 0 spiro atoms. The number of halogens is 2. The third-order valence-electron chi connectivity index (χ3n) is 10.5. The Morgan fingerprint density at radius 2 is 1.82 bits per heavy atom. The molecular weight excluding hydrogens is 714 g/mol. The molecule has 2 aromatic heterocycles. The van der Waals surface area contributed by atoms with Gasteiger partial charge in [-0.25, -0.2) is 9.78 Å². The number of amides is 3. The zero-order valence-corrected chi connectivity index (χ0v) is 30.7. The number of nitrogens with zero attached hydrogens (tertiary/aromatic N) is 6. The van der Waals surface area contributed by atoms with Crippen molar-refractivity contribution in [3.63, 3.8) is 0 Å². The Kier molecular flexibility index (Phi) is 11.2. The number of carbonyl (C=O) groups excluding carboxylic acids is 2. The SMILES string of the molecule is O=C(C1CN([C@H]2c3ccc(Cl)cc3CCc3cc(Br)cnc32)CCN1C(=O)NC1CCCCC1)N(CCCn1ccnc1)Cc1ccccc1. The summed E-state index contributed by atoms with van der Waals surface area (Å²) in [5.41, 5.74) is 5.61. The maximum Gasteiger partial charge on any atom is 0.318 e. The van der Waals surface area contributed by atoms with Crippen LogP contribution in [0.25, 0.3) is 0 Å². The van der Waals surface area contributed by atoms with Crippen molar-refractivity contribution in [2.75, 3.05) is 26.2 Å². The van der Waals surface area contributed by atoms with Crippen molar-refractivity contribution >= 4 is 39.5 Å². The summed E-state index contributed by atoms with van der Waals surface area (Å²) in [5.74, 6) is -0.0306. The fraction of sp³-hybridized carbons (Fsp3) is 0.436. The maximum absolute atomic E-state index is 15.0. The number of aryl methyl sites for hydroxylation is 3. The lowest BCUT2D eigenvalue weighted by Gasteiger charge is -2.45. The van der Waals surface area contributed by atoms with Gasteiger partial charge in [0.15, 0.2) is 0 Å². The third kappa shape index (κ3) is 8.08. The number of urea groups is 1. The van der Waals surface area contributed by atoms with E-state index in [2.05, 4.69) is 61.5 Å². The van der Waals surface area contributed by atoms with Gasteiger partial charge in [-0.3, -0.25) is 14.7 Å². The molecule has 3 heterocycles. The lowest BCUT2D eigenvalue weighted by atomic mass is 9.94.